The molecule has 2 heterocycles. The number of rotatable bonds is 8. The van der Waals surface area contributed by atoms with E-state index >= 15 is 0 Å². The Morgan fingerprint density at radius 2 is 1.46 bits per heavy atom. The molecule has 1 N–H and O–H groups in total. The zero-order chi connectivity index (χ0) is 32.4. The van der Waals surface area contributed by atoms with Gasteiger partial charge in [-0.25, -0.2) is 4.98 Å². The molecule has 6 rings (SSSR count). The summed E-state index contributed by atoms with van der Waals surface area (Å²) in [7, 11) is 0. The van der Waals surface area contributed by atoms with Gasteiger partial charge in [-0.3, -0.25) is 9.78 Å². The normalized spacial score (nSPS) is 12.3. The third-order valence-corrected chi connectivity index (χ3v) is 9.85. The van der Waals surface area contributed by atoms with E-state index in [1.54, 1.807) is 0 Å². The summed E-state index contributed by atoms with van der Waals surface area (Å²) < 4.78 is 6.27. The van der Waals surface area contributed by atoms with Crippen LogP contribution in [0.3, 0.4) is 0 Å². The van der Waals surface area contributed by atoms with Crippen LogP contribution in [0.2, 0.25) is 0 Å². The van der Waals surface area contributed by atoms with Crippen molar-refractivity contribution in [1.29, 1.82) is 0 Å². The van der Waals surface area contributed by atoms with E-state index in [9.17, 15) is 9.90 Å². The summed E-state index contributed by atoms with van der Waals surface area (Å²) in [5, 5.41) is 15.8. The number of carbonyl (C=O) groups is 1. The molecule has 4 aromatic carbocycles. The van der Waals surface area contributed by atoms with Gasteiger partial charge < -0.3 is 9.52 Å². The molecule has 46 heavy (non-hydrogen) atoms. The number of aliphatic hydroxyl groups excluding tert-OH is 1. The summed E-state index contributed by atoms with van der Waals surface area (Å²) in [4.78, 5) is 21.6. The molecule has 0 amide bonds. The third kappa shape index (κ3) is 6.65. The Balaban J connectivity index is 0.000000234. The van der Waals surface area contributed by atoms with Crippen LogP contribution in [-0.2, 0) is 24.9 Å². The number of furan rings is 1. The third-order valence-electron chi connectivity index (χ3n) is 9.85. The van der Waals surface area contributed by atoms with E-state index in [1.807, 2.05) is 84.9 Å². The van der Waals surface area contributed by atoms with Crippen molar-refractivity contribution in [2.24, 2.45) is 10.8 Å². The van der Waals surface area contributed by atoms with E-state index in [0.717, 1.165) is 75.4 Å². The molecule has 2 aromatic heterocycles. The fourth-order valence-electron chi connectivity index (χ4n) is 5.65. The van der Waals surface area contributed by atoms with Crippen molar-refractivity contribution in [2.75, 3.05) is 0 Å². The number of hydrogen-bond donors (Lipinski definition) is 1. The van der Waals surface area contributed by atoms with Crippen LogP contribution >= 0.6 is 0 Å². The Morgan fingerprint density at radius 1 is 0.848 bits per heavy atom. The molecule has 6 heteroatoms. The maximum absolute atomic E-state index is 12.2. The van der Waals surface area contributed by atoms with Crippen LogP contribution in [-0.4, -0.2) is 20.9 Å². The van der Waals surface area contributed by atoms with Crippen molar-refractivity contribution < 1.29 is 34.4 Å². The summed E-state index contributed by atoms with van der Waals surface area (Å²) in [5.41, 5.74) is 3.50. The number of carbonyl (C=O) groups excluding carboxylic acids is 1. The number of aliphatic hydroxyl groups is 1. The summed E-state index contributed by atoms with van der Waals surface area (Å²) in [5.74, 6) is 1.01. The molecule has 5 nitrogen and oxygen atoms in total. The van der Waals surface area contributed by atoms with Gasteiger partial charge in [0.25, 0.3) is 0 Å². The first-order chi connectivity index (χ1) is 21.6. The summed E-state index contributed by atoms with van der Waals surface area (Å²) >= 11 is 0. The zero-order valence-corrected chi connectivity index (χ0v) is 30.2. The van der Waals surface area contributed by atoms with E-state index in [0.29, 0.717) is 5.58 Å². The molecule has 0 atom stereocenters. The minimum absolute atomic E-state index is 0. The standard InChI is InChI=1S/C25H15N2O.C15H28O2.Ir/c1-15-26-23(19-11-10-16-6-2-3-8-18(16)14-19)25-24(27-15)22-20-9-5-4-7-17(20)12-13-21(22)28-25;1-7-14(5,8-2)12(16)11-13(17)15(6,9-3)10-4;/h2-10,12-14H,1H3;11,16H,7-10H2,1-6H3;/q-1;;/b;12-11-;. The zero-order valence-electron chi connectivity index (χ0n) is 27.8. The molecular formula is C40H43IrN2O3-. The van der Waals surface area contributed by atoms with Crippen molar-refractivity contribution in [3.05, 3.63) is 96.5 Å². The van der Waals surface area contributed by atoms with Crippen LogP contribution in [0.4, 0.5) is 0 Å². The van der Waals surface area contributed by atoms with Crippen LogP contribution in [0.15, 0.2) is 89.0 Å². The van der Waals surface area contributed by atoms with Crippen LogP contribution in [0.1, 0.15) is 73.1 Å². The molecule has 0 spiro atoms. The number of hydrogen-bond acceptors (Lipinski definition) is 5. The summed E-state index contributed by atoms with van der Waals surface area (Å²) in [6.07, 6.45) is 4.75. The first-order valence-electron chi connectivity index (χ1n) is 16.0. The Morgan fingerprint density at radius 3 is 2.11 bits per heavy atom. The van der Waals surface area contributed by atoms with E-state index in [2.05, 4.69) is 42.5 Å². The van der Waals surface area contributed by atoms with Gasteiger partial charge in [-0.1, -0.05) is 102 Å². The average molecular weight is 792 g/mol. The minimum Gasteiger partial charge on any atom is -0.512 e. The van der Waals surface area contributed by atoms with Gasteiger partial charge in [-0.2, -0.15) is 0 Å². The molecule has 0 aliphatic heterocycles. The maximum atomic E-state index is 12.2. The molecule has 0 unspecified atom stereocenters. The van der Waals surface area contributed by atoms with Crippen molar-refractivity contribution in [1.82, 2.24) is 9.97 Å². The number of nitrogens with zero attached hydrogens (tertiary/aromatic N) is 2. The van der Waals surface area contributed by atoms with Crippen molar-refractivity contribution >= 4 is 49.4 Å². The summed E-state index contributed by atoms with van der Waals surface area (Å²) in [6, 6.07) is 28.2. The first-order valence-corrected chi connectivity index (χ1v) is 16.0. The number of fused-ring (bicyclic) bond motifs is 6. The Labute approximate surface area is 285 Å². The van der Waals surface area contributed by atoms with Crippen molar-refractivity contribution in [3.63, 3.8) is 0 Å². The molecule has 0 saturated heterocycles. The Bertz CT molecular complexity index is 2030. The smallest absolute Gasteiger partial charge is 0.164 e. The topological polar surface area (TPSA) is 76.2 Å². The van der Waals surface area contributed by atoms with Gasteiger partial charge in [0.05, 0.1) is 5.39 Å². The second kappa shape index (κ2) is 14.3. The Kier molecular flexibility index (Phi) is 10.9. The van der Waals surface area contributed by atoms with Crippen LogP contribution in [0.25, 0.3) is 54.9 Å². The molecule has 1 radical (unpaired) electrons. The van der Waals surface area contributed by atoms with E-state index in [4.69, 9.17) is 14.4 Å². The average Bonchev–Trinajstić information content (AvgIpc) is 3.46. The SMILES string of the molecule is CCC(C)(CC)C(=O)/C=C(\O)C(C)(CC)CC.Cc1nc(-c2[c-]cc3ccccc3c2)c2oc3ccc4ccccc4c3c2n1.[Ir]. The van der Waals surface area contributed by atoms with E-state index in [-0.39, 0.29) is 42.5 Å². The van der Waals surface area contributed by atoms with Gasteiger partial charge in [0, 0.05) is 42.7 Å². The second-order valence-electron chi connectivity index (χ2n) is 12.5. The van der Waals surface area contributed by atoms with Crippen molar-refractivity contribution in [3.8, 4) is 11.3 Å². The number of aryl methyl sites for hydroxylation is 1. The number of benzene rings is 4. The van der Waals surface area contributed by atoms with Gasteiger partial charge >= 0.3 is 0 Å². The minimum atomic E-state index is -0.337. The van der Waals surface area contributed by atoms with Gasteiger partial charge in [0.15, 0.2) is 5.78 Å². The molecule has 241 valence electrons. The first kappa shape index (κ1) is 35.0. The van der Waals surface area contributed by atoms with E-state index < -0.39 is 0 Å². The molecule has 0 bridgehead atoms. The Hall–Kier alpha value is -3.86. The predicted molar refractivity (Wildman–Crippen MR) is 186 cm³/mol. The fourth-order valence-corrected chi connectivity index (χ4v) is 5.65. The largest absolute Gasteiger partial charge is 0.512 e. The predicted octanol–water partition coefficient (Wildman–Crippen LogP) is 11.1. The van der Waals surface area contributed by atoms with E-state index in [1.165, 1.54) is 11.5 Å². The molecule has 0 aliphatic carbocycles. The van der Waals surface area contributed by atoms with Gasteiger partial charge in [-0.15, -0.1) is 29.1 Å². The quantitative estimate of drug-likeness (QED) is 0.0944. The van der Waals surface area contributed by atoms with Crippen LogP contribution < -0.4 is 0 Å². The van der Waals surface area contributed by atoms with Gasteiger partial charge in [-0.05, 0) is 49.4 Å². The second-order valence-corrected chi connectivity index (χ2v) is 12.5. The fraction of sp³-hybridized carbons (Fsp3) is 0.325. The molecular weight excluding hydrogens is 749 g/mol. The number of aromatic nitrogens is 2. The molecule has 6 aromatic rings. The number of allylic oxidation sites excluding steroid dienone is 2. The van der Waals surface area contributed by atoms with Gasteiger partial charge in [0.1, 0.15) is 28.3 Å². The summed E-state index contributed by atoms with van der Waals surface area (Å²) in [6.45, 7) is 14.0. The van der Waals surface area contributed by atoms with Crippen LogP contribution in [0, 0.1) is 23.8 Å². The van der Waals surface area contributed by atoms with Crippen molar-refractivity contribution in [2.45, 2.75) is 74.1 Å². The maximum Gasteiger partial charge on any atom is 0.164 e. The molecule has 0 aliphatic rings. The molecule has 0 saturated carbocycles. The van der Waals surface area contributed by atoms with Crippen LogP contribution in [0.5, 0.6) is 0 Å². The number of ketones is 1. The molecule has 0 fully saturated rings. The monoisotopic (exact) mass is 792 g/mol. The van der Waals surface area contributed by atoms with Gasteiger partial charge in [0.2, 0.25) is 0 Å².